The van der Waals surface area contributed by atoms with Crippen molar-refractivity contribution >= 4 is 26.3 Å². The van der Waals surface area contributed by atoms with E-state index in [0.717, 1.165) is 17.7 Å². The Balaban J connectivity index is 1.20. The second-order valence-corrected chi connectivity index (χ2v) is 21.6. The Hall–Kier alpha value is -3.87. The van der Waals surface area contributed by atoms with Gasteiger partial charge in [0, 0.05) is 30.1 Å². The van der Waals surface area contributed by atoms with Crippen LogP contribution in [-0.2, 0) is 35.6 Å². The molecule has 2 aliphatic carbocycles. The van der Waals surface area contributed by atoms with E-state index in [4.69, 9.17) is 23.4 Å². The first-order valence-electron chi connectivity index (χ1n) is 17.8. The number of esters is 1. The van der Waals surface area contributed by atoms with Crippen LogP contribution in [0.3, 0.4) is 0 Å². The van der Waals surface area contributed by atoms with Gasteiger partial charge in [0.1, 0.15) is 17.1 Å². The van der Waals surface area contributed by atoms with E-state index in [-0.39, 0.29) is 24.0 Å². The average Bonchev–Trinajstić information content (AvgIpc) is 3.39. The minimum Gasteiger partial charge on any atom is -0.541 e. The number of likely N-dealkylation sites (N-methyl/N-ethyl adjacent to an activating group) is 1. The van der Waals surface area contributed by atoms with Crippen LogP contribution in [-0.4, -0.2) is 79.8 Å². The fourth-order valence-electron chi connectivity index (χ4n) is 7.77. The van der Waals surface area contributed by atoms with Gasteiger partial charge in [0.05, 0.1) is 17.4 Å². The molecule has 0 aromatic heterocycles. The Morgan fingerprint density at radius 1 is 1.08 bits per heavy atom. The Labute approximate surface area is 301 Å². The lowest BCUT2D eigenvalue weighted by molar-refractivity contribution is -0.169. The third-order valence-electron chi connectivity index (χ3n) is 11.3. The summed E-state index contributed by atoms with van der Waals surface area (Å²) in [6, 6.07) is 12.6. The van der Waals surface area contributed by atoms with Crippen molar-refractivity contribution in [2.75, 3.05) is 20.1 Å². The zero-order valence-corrected chi connectivity index (χ0v) is 32.3. The SMILES string of the molecule is CN1CCC23c4c5ccc(O[Si](C)(C)C(C)(C)C)c4OC2C(OC(=O)CCNC(=O)C(OC(=O)OC(C)(C)C)c2ccccc2)=CCC3(O)C1C5. The maximum atomic E-state index is 13.4. The van der Waals surface area contributed by atoms with Gasteiger partial charge in [0.2, 0.25) is 6.10 Å². The maximum Gasteiger partial charge on any atom is 0.509 e. The van der Waals surface area contributed by atoms with Crippen LogP contribution in [0.15, 0.2) is 54.3 Å². The van der Waals surface area contributed by atoms with Gasteiger partial charge in [-0.15, -0.1) is 0 Å². The fraction of sp³-hybridized carbons (Fsp3) is 0.564. The number of aliphatic hydroxyl groups is 1. The summed E-state index contributed by atoms with van der Waals surface area (Å²) < 4.78 is 30.4. The average molecular weight is 721 g/mol. The fourth-order valence-corrected chi connectivity index (χ4v) is 8.79. The summed E-state index contributed by atoms with van der Waals surface area (Å²) in [6.45, 7) is 16.8. The standard InChI is InChI=1S/C39H52N2O9Si/c1-36(2,3)49-35(44)48-31(24-13-11-10-12-14-24)34(43)40-21-18-29(42)46-27-17-19-39(45)28-23-25-15-16-26(50-51(8,9)37(4,5)6)32-30(25)38(39,33(27)47-32)20-22-41(28)7/h10-17,28,31,33,45H,18-23H2,1-9H3,(H,40,43). The summed E-state index contributed by atoms with van der Waals surface area (Å²) in [6.07, 6.45) is 0.253. The number of carbonyl (C=O) groups excluding carboxylic acids is 3. The molecule has 5 unspecified atom stereocenters. The first kappa shape index (κ1) is 36.9. The van der Waals surface area contributed by atoms with Crippen LogP contribution in [0.4, 0.5) is 4.79 Å². The molecule has 2 N–H and O–H groups in total. The number of ether oxygens (including phenoxy) is 4. The number of rotatable bonds is 9. The van der Waals surface area contributed by atoms with Crippen molar-refractivity contribution in [1.29, 1.82) is 0 Å². The van der Waals surface area contributed by atoms with E-state index in [1.807, 2.05) is 6.07 Å². The van der Waals surface area contributed by atoms with Gasteiger partial charge in [0.15, 0.2) is 11.9 Å². The van der Waals surface area contributed by atoms with Crippen molar-refractivity contribution in [2.45, 2.75) is 120 Å². The molecule has 1 fully saturated rings. The van der Waals surface area contributed by atoms with Gasteiger partial charge in [-0.05, 0) is 83.0 Å². The van der Waals surface area contributed by atoms with Gasteiger partial charge < -0.3 is 38.7 Å². The molecule has 2 bridgehead atoms. The number of carbonyl (C=O) groups is 3. The highest BCUT2D eigenvalue weighted by molar-refractivity contribution is 6.74. The molecule has 6 rings (SSSR count). The van der Waals surface area contributed by atoms with Crippen molar-refractivity contribution in [2.24, 2.45) is 0 Å². The number of piperidine rings is 1. The second kappa shape index (κ2) is 13.0. The second-order valence-electron chi connectivity index (χ2n) is 16.8. The number of hydrogen-bond donors (Lipinski definition) is 2. The summed E-state index contributed by atoms with van der Waals surface area (Å²) in [5.74, 6) is 0.495. The predicted molar refractivity (Wildman–Crippen MR) is 193 cm³/mol. The van der Waals surface area contributed by atoms with Crippen molar-refractivity contribution in [3.8, 4) is 11.5 Å². The highest BCUT2D eigenvalue weighted by Crippen LogP contribution is 2.65. The summed E-state index contributed by atoms with van der Waals surface area (Å²) in [4.78, 5) is 41.4. The lowest BCUT2D eigenvalue weighted by Crippen LogP contribution is -2.74. The highest BCUT2D eigenvalue weighted by Gasteiger charge is 2.72. The van der Waals surface area contributed by atoms with Crippen LogP contribution < -0.4 is 14.5 Å². The van der Waals surface area contributed by atoms with E-state index in [0.29, 0.717) is 42.1 Å². The topological polar surface area (TPSA) is 133 Å². The highest BCUT2D eigenvalue weighted by atomic mass is 28.4. The molecule has 51 heavy (non-hydrogen) atoms. The van der Waals surface area contributed by atoms with Gasteiger partial charge in [-0.2, -0.15) is 0 Å². The zero-order chi connectivity index (χ0) is 37.1. The number of hydrogen-bond acceptors (Lipinski definition) is 10. The molecule has 2 aromatic carbocycles. The number of nitrogens with one attached hydrogen (secondary N) is 1. The molecular formula is C39H52N2O9Si. The van der Waals surface area contributed by atoms with Crippen LogP contribution >= 0.6 is 0 Å². The van der Waals surface area contributed by atoms with Crippen molar-refractivity contribution in [1.82, 2.24) is 10.2 Å². The zero-order valence-electron chi connectivity index (χ0n) is 31.3. The number of likely N-dealkylation sites (tertiary alicyclic amines) is 1. The van der Waals surface area contributed by atoms with Crippen LogP contribution in [0.1, 0.15) is 83.6 Å². The molecule has 5 atom stereocenters. The molecule has 2 heterocycles. The molecule has 1 amide bonds. The Bertz CT molecular complexity index is 1730. The first-order valence-corrected chi connectivity index (χ1v) is 20.8. The molecule has 11 nitrogen and oxygen atoms in total. The van der Waals surface area contributed by atoms with Crippen molar-refractivity contribution in [3.05, 3.63) is 71.0 Å². The van der Waals surface area contributed by atoms with Gasteiger partial charge in [-0.25, -0.2) is 4.79 Å². The van der Waals surface area contributed by atoms with E-state index in [9.17, 15) is 19.5 Å². The molecule has 0 radical (unpaired) electrons. The number of benzene rings is 2. The molecule has 1 spiro atoms. The minimum atomic E-state index is -2.25. The molecule has 2 aliphatic heterocycles. The lowest BCUT2D eigenvalue weighted by Gasteiger charge is -2.61. The molecule has 1 saturated heterocycles. The van der Waals surface area contributed by atoms with E-state index < -0.39 is 55.2 Å². The number of nitrogens with zero attached hydrogens (tertiary/aromatic N) is 1. The maximum absolute atomic E-state index is 13.4. The summed E-state index contributed by atoms with van der Waals surface area (Å²) >= 11 is 0. The van der Waals surface area contributed by atoms with Crippen LogP contribution in [0.5, 0.6) is 11.5 Å². The normalized spacial score (nSPS) is 25.8. The van der Waals surface area contributed by atoms with E-state index in [2.05, 4.69) is 57.2 Å². The minimum absolute atomic E-state index is 0.0440. The van der Waals surface area contributed by atoms with Crippen LogP contribution in [0.25, 0.3) is 0 Å². The molecule has 276 valence electrons. The summed E-state index contributed by atoms with van der Waals surface area (Å²) in [5.41, 5.74) is -0.210. The van der Waals surface area contributed by atoms with Crippen LogP contribution in [0.2, 0.25) is 18.1 Å². The van der Waals surface area contributed by atoms with Gasteiger partial charge in [-0.1, -0.05) is 57.2 Å². The van der Waals surface area contributed by atoms with E-state index in [1.54, 1.807) is 57.2 Å². The number of amides is 1. The lowest BCUT2D eigenvalue weighted by atomic mass is 9.50. The quantitative estimate of drug-likeness (QED) is 0.232. The van der Waals surface area contributed by atoms with Crippen molar-refractivity contribution < 1.29 is 42.9 Å². The molecule has 12 heteroatoms. The van der Waals surface area contributed by atoms with Crippen molar-refractivity contribution in [3.63, 3.8) is 0 Å². The molecule has 2 aromatic rings. The van der Waals surface area contributed by atoms with Gasteiger partial charge in [0.25, 0.3) is 14.2 Å². The summed E-state index contributed by atoms with van der Waals surface area (Å²) in [7, 11) is -0.203. The first-order chi connectivity index (χ1) is 23.8. The van der Waals surface area contributed by atoms with E-state index >= 15 is 0 Å². The van der Waals surface area contributed by atoms with Gasteiger partial charge in [-0.3, -0.25) is 9.59 Å². The Morgan fingerprint density at radius 2 is 1.78 bits per heavy atom. The largest absolute Gasteiger partial charge is 0.541 e. The smallest absolute Gasteiger partial charge is 0.509 e. The van der Waals surface area contributed by atoms with Gasteiger partial charge >= 0.3 is 12.1 Å². The summed E-state index contributed by atoms with van der Waals surface area (Å²) in [5, 5.41) is 15.3. The third kappa shape index (κ3) is 6.55. The van der Waals surface area contributed by atoms with Crippen LogP contribution in [0, 0.1) is 0 Å². The molecule has 0 saturated carbocycles. The Kier molecular flexibility index (Phi) is 9.38. The molecule has 4 aliphatic rings. The monoisotopic (exact) mass is 720 g/mol. The third-order valence-corrected chi connectivity index (χ3v) is 15.7. The van der Waals surface area contributed by atoms with E-state index in [1.165, 1.54) is 0 Å². The molecular weight excluding hydrogens is 669 g/mol. The predicted octanol–water partition coefficient (Wildman–Crippen LogP) is 6.09. The Morgan fingerprint density at radius 3 is 2.45 bits per heavy atom.